The number of amides is 2. The summed E-state index contributed by atoms with van der Waals surface area (Å²) in [5.41, 5.74) is 2.60. The second kappa shape index (κ2) is 7.71. The number of rotatable bonds is 4. The van der Waals surface area contributed by atoms with Gasteiger partial charge in [-0.15, -0.1) is 0 Å². The number of fused-ring (bicyclic) bond motifs is 1. The molecule has 4 nitrogen and oxygen atoms in total. The van der Waals surface area contributed by atoms with E-state index >= 15 is 0 Å². The smallest absolute Gasteiger partial charge is 0.317 e. The molecule has 0 saturated carbocycles. The van der Waals surface area contributed by atoms with E-state index in [0.29, 0.717) is 12.1 Å². The highest BCUT2D eigenvalue weighted by molar-refractivity contribution is 5.83. The summed E-state index contributed by atoms with van der Waals surface area (Å²) in [6, 6.07) is 23.6. The van der Waals surface area contributed by atoms with Crippen molar-refractivity contribution in [2.45, 2.75) is 19.5 Å². The molecule has 0 bridgehead atoms. The van der Waals surface area contributed by atoms with Crippen molar-refractivity contribution in [1.82, 2.24) is 10.2 Å². The van der Waals surface area contributed by atoms with Gasteiger partial charge in [-0.1, -0.05) is 48.5 Å². The third kappa shape index (κ3) is 4.01. The quantitative estimate of drug-likeness (QED) is 0.752. The zero-order chi connectivity index (χ0) is 18.5. The maximum absolute atomic E-state index is 12.5. The number of nitrogens with zero attached hydrogens (tertiary/aromatic N) is 2. The highest BCUT2D eigenvalue weighted by Crippen LogP contribution is 2.20. The Hall–Kier alpha value is -3.32. The van der Waals surface area contributed by atoms with Crippen molar-refractivity contribution in [3.05, 3.63) is 83.4 Å². The number of carbonyl (C=O) groups is 1. The van der Waals surface area contributed by atoms with Crippen LogP contribution in [0.3, 0.4) is 0 Å². The van der Waals surface area contributed by atoms with Crippen LogP contribution < -0.4 is 5.32 Å². The summed E-state index contributed by atoms with van der Waals surface area (Å²) in [6.45, 7) is 2.43. The number of carbonyl (C=O) groups excluding carboxylic acids is 1. The standard InChI is InChI=1S/C22H21N3O/c1-16(20-11-10-19-8-3-4-9-21(19)13-20)24-22(26)25(2)15-18-7-5-6-17(12-18)14-23/h3-13,16H,15H2,1-2H3,(H,24,26). The van der Waals surface area contributed by atoms with E-state index in [2.05, 4.69) is 35.7 Å². The fourth-order valence-electron chi connectivity index (χ4n) is 2.94. The maximum atomic E-state index is 12.5. The summed E-state index contributed by atoms with van der Waals surface area (Å²) in [6.07, 6.45) is 0. The van der Waals surface area contributed by atoms with Crippen LogP contribution in [0, 0.1) is 11.3 Å². The largest absolute Gasteiger partial charge is 0.331 e. The molecule has 0 spiro atoms. The van der Waals surface area contributed by atoms with E-state index in [4.69, 9.17) is 5.26 Å². The monoisotopic (exact) mass is 343 g/mol. The molecule has 0 radical (unpaired) electrons. The lowest BCUT2D eigenvalue weighted by atomic mass is 10.0. The van der Waals surface area contributed by atoms with Gasteiger partial charge in [-0.3, -0.25) is 0 Å². The molecule has 0 aliphatic carbocycles. The molecular formula is C22H21N3O. The number of nitrogens with one attached hydrogen (secondary N) is 1. The average Bonchev–Trinajstić information content (AvgIpc) is 2.67. The molecule has 0 fully saturated rings. The van der Waals surface area contributed by atoms with Gasteiger partial charge in [-0.05, 0) is 47.0 Å². The third-order valence-corrected chi connectivity index (χ3v) is 4.44. The van der Waals surface area contributed by atoms with Gasteiger partial charge in [-0.25, -0.2) is 4.79 Å². The summed E-state index contributed by atoms with van der Waals surface area (Å²) in [5, 5.41) is 14.4. The van der Waals surface area contributed by atoms with Crippen molar-refractivity contribution in [2.75, 3.05) is 7.05 Å². The lowest BCUT2D eigenvalue weighted by Gasteiger charge is -2.22. The second-order valence-corrected chi connectivity index (χ2v) is 6.45. The van der Waals surface area contributed by atoms with Crippen LogP contribution in [-0.2, 0) is 6.54 Å². The molecule has 3 rings (SSSR count). The van der Waals surface area contributed by atoms with Gasteiger partial charge >= 0.3 is 6.03 Å². The SMILES string of the molecule is CC(NC(=O)N(C)Cc1cccc(C#N)c1)c1ccc2ccccc2c1. The average molecular weight is 343 g/mol. The number of hydrogen-bond acceptors (Lipinski definition) is 2. The number of hydrogen-bond donors (Lipinski definition) is 1. The Morgan fingerprint density at radius 1 is 1.08 bits per heavy atom. The zero-order valence-electron chi connectivity index (χ0n) is 14.9. The lowest BCUT2D eigenvalue weighted by Crippen LogP contribution is -2.38. The van der Waals surface area contributed by atoms with Gasteiger partial charge < -0.3 is 10.2 Å². The van der Waals surface area contributed by atoms with E-state index < -0.39 is 0 Å². The highest BCUT2D eigenvalue weighted by atomic mass is 16.2. The second-order valence-electron chi connectivity index (χ2n) is 6.45. The topological polar surface area (TPSA) is 56.1 Å². The number of urea groups is 1. The fourth-order valence-corrected chi connectivity index (χ4v) is 2.94. The van der Waals surface area contributed by atoms with Crippen LogP contribution in [-0.4, -0.2) is 18.0 Å². The van der Waals surface area contributed by atoms with Gasteiger partial charge in [0.05, 0.1) is 17.7 Å². The Morgan fingerprint density at radius 3 is 2.62 bits per heavy atom. The molecule has 0 aliphatic rings. The Labute approximate surface area is 153 Å². The molecule has 0 aromatic heterocycles. The number of nitriles is 1. The Bertz CT molecular complexity index is 974. The molecule has 2 amide bonds. The molecule has 4 heteroatoms. The van der Waals surface area contributed by atoms with Crippen LogP contribution in [0.1, 0.15) is 29.7 Å². The summed E-state index contributed by atoms with van der Waals surface area (Å²) >= 11 is 0. The van der Waals surface area contributed by atoms with E-state index in [1.54, 1.807) is 24.1 Å². The van der Waals surface area contributed by atoms with Crippen LogP contribution in [0.2, 0.25) is 0 Å². The molecule has 1 unspecified atom stereocenters. The first-order valence-corrected chi connectivity index (χ1v) is 8.56. The van der Waals surface area contributed by atoms with Crippen LogP contribution >= 0.6 is 0 Å². The predicted molar refractivity (Wildman–Crippen MR) is 104 cm³/mol. The van der Waals surface area contributed by atoms with Crippen molar-refractivity contribution in [3.8, 4) is 6.07 Å². The minimum Gasteiger partial charge on any atom is -0.331 e. The summed E-state index contributed by atoms with van der Waals surface area (Å²) in [4.78, 5) is 14.1. The Morgan fingerprint density at radius 2 is 1.85 bits per heavy atom. The van der Waals surface area contributed by atoms with Gasteiger partial charge in [0.15, 0.2) is 0 Å². The van der Waals surface area contributed by atoms with Crippen molar-refractivity contribution in [3.63, 3.8) is 0 Å². The minimum absolute atomic E-state index is 0.0972. The van der Waals surface area contributed by atoms with Crippen LogP contribution in [0.4, 0.5) is 4.79 Å². The first kappa shape index (κ1) is 17.5. The normalized spacial score (nSPS) is 11.6. The van der Waals surface area contributed by atoms with E-state index in [1.807, 2.05) is 37.3 Å². The van der Waals surface area contributed by atoms with Gasteiger partial charge in [-0.2, -0.15) is 5.26 Å². The van der Waals surface area contributed by atoms with Gasteiger partial charge in [0.2, 0.25) is 0 Å². The van der Waals surface area contributed by atoms with Crippen LogP contribution in [0.15, 0.2) is 66.7 Å². The summed E-state index contributed by atoms with van der Waals surface area (Å²) in [5.74, 6) is 0. The minimum atomic E-state index is -0.145. The maximum Gasteiger partial charge on any atom is 0.317 e. The zero-order valence-corrected chi connectivity index (χ0v) is 14.9. The van der Waals surface area contributed by atoms with Gasteiger partial charge in [0.25, 0.3) is 0 Å². The molecule has 26 heavy (non-hydrogen) atoms. The highest BCUT2D eigenvalue weighted by Gasteiger charge is 2.14. The molecule has 0 heterocycles. The van der Waals surface area contributed by atoms with Crippen molar-refractivity contribution in [1.29, 1.82) is 5.26 Å². The molecule has 1 N–H and O–H groups in total. The van der Waals surface area contributed by atoms with Gasteiger partial charge in [0, 0.05) is 13.6 Å². The van der Waals surface area contributed by atoms with Crippen LogP contribution in [0.5, 0.6) is 0 Å². The molecular weight excluding hydrogens is 322 g/mol. The third-order valence-electron chi connectivity index (χ3n) is 4.44. The first-order chi connectivity index (χ1) is 12.6. The molecule has 130 valence electrons. The van der Waals surface area contributed by atoms with Crippen molar-refractivity contribution < 1.29 is 4.79 Å². The summed E-state index contributed by atoms with van der Waals surface area (Å²) in [7, 11) is 1.75. The van der Waals surface area contributed by atoms with Crippen molar-refractivity contribution in [2.24, 2.45) is 0 Å². The number of benzene rings is 3. The first-order valence-electron chi connectivity index (χ1n) is 8.56. The van der Waals surface area contributed by atoms with E-state index in [9.17, 15) is 4.79 Å². The molecule has 0 aliphatic heterocycles. The molecule has 1 atom stereocenters. The summed E-state index contributed by atoms with van der Waals surface area (Å²) < 4.78 is 0. The Kier molecular flexibility index (Phi) is 5.19. The Balaban J connectivity index is 1.66. The lowest BCUT2D eigenvalue weighted by molar-refractivity contribution is 0.203. The van der Waals surface area contributed by atoms with Gasteiger partial charge in [0.1, 0.15) is 0 Å². The van der Waals surface area contributed by atoms with E-state index in [0.717, 1.165) is 16.5 Å². The van der Waals surface area contributed by atoms with Crippen molar-refractivity contribution >= 4 is 16.8 Å². The molecule has 3 aromatic carbocycles. The molecule has 3 aromatic rings. The fraction of sp³-hybridized carbons (Fsp3) is 0.182. The van der Waals surface area contributed by atoms with E-state index in [-0.39, 0.29) is 12.1 Å². The molecule has 0 saturated heterocycles. The predicted octanol–water partition coefficient (Wildman–Crippen LogP) is 4.61. The van der Waals surface area contributed by atoms with E-state index in [1.165, 1.54) is 5.39 Å². The van der Waals surface area contributed by atoms with Crippen LogP contribution in [0.25, 0.3) is 10.8 Å².